The lowest BCUT2D eigenvalue weighted by molar-refractivity contribution is -0.0812. The maximum atomic E-state index is 11.2. The number of para-hydroxylation sites is 1. The number of hydrogen-bond acceptors (Lipinski definition) is 4. The molecule has 3 rings (SSSR count). The van der Waals surface area contributed by atoms with Crippen LogP contribution in [0.25, 0.3) is 10.9 Å². The standard InChI is InChI=1S/C13H11NO4/c15-13(16)10-5-12(18-8-6-17-7-8)14-11-4-2-1-3-9(10)11/h1-5,8H,6-7H2,(H,15,16). The van der Waals surface area contributed by atoms with Crippen molar-refractivity contribution in [2.75, 3.05) is 13.2 Å². The molecule has 1 aromatic heterocycles. The van der Waals surface area contributed by atoms with Crippen LogP contribution in [0.15, 0.2) is 30.3 Å². The Hall–Kier alpha value is -2.14. The highest BCUT2D eigenvalue weighted by Crippen LogP contribution is 2.23. The van der Waals surface area contributed by atoms with Gasteiger partial charge in [-0.3, -0.25) is 0 Å². The zero-order valence-corrected chi connectivity index (χ0v) is 9.50. The molecule has 0 spiro atoms. The summed E-state index contributed by atoms with van der Waals surface area (Å²) in [6.07, 6.45) is -0.0275. The predicted molar refractivity (Wildman–Crippen MR) is 63.9 cm³/mol. The number of rotatable bonds is 3. The quantitative estimate of drug-likeness (QED) is 0.891. The molecule has 1 aliphatic heterocycles. The number of pyridine rings is 1. The summed E-state index contributed by atoms with van der Waals surface area (Å²) in [7, 11) is 0. The van der Waals surface area contributed by atoms with Crippen LogP contribution in [0.1, 0.15) is 10.4 Å². The summed E-state index contributed by atoms with van der Waals surface area (Å²) in [6, 6.07) is 8.57. The normalized spacial score (nSPS) is 15.3. The Balaban J connectivity index is 2.07. The Bertz CT molecular complexity index is 607. The maximum Gasteiger partial charge on any atom is 0.336 e. The molecule has 0 amide bonds. The third-order valence-corrected chi connectivity index (χ3v) is 2.82. The lowest BCUT2D eigenvalue weighted by atomic mass is 10.1. The molecular weight excluding hydrogens is 234 g/mol. The van der Waals surface area contributed by atoms with E-state index in [1.807, 2.05) is 6.07 Å². The second-order valence-corrected chi connectivity index (χ2v) is 4.11. The van der Waals surface area contributed by atoms with E-state index >= 15 is 0 Å². The van der Waals surface area contributed by atoms with Gasteiger partial charge in [-0.15, -0.1) is 0 Å². The molecule has 1 aliphatic rings. The minimum Gasteiger partial charge on any atom is -0.478 e. The van der Waals surface area contributed by atoms with E-state index in [1.54, 1.807) is 18.2 Å². The van der Waals surface area contributed by atoms with E-state index in [1.165, 1.54) is 6.07 Å². The number of nitrogens with zero attached hydrogens (tertiary/aromatic N) is 1. The van der Waals surface area contributed by atoms with Gasteiger partial charge >= 0.3 is 5.97 Å². The van der Waals surface area contributed by atoms with Gasteiger partial charge in [0.25, 0.3) is 0 Å². The number of ether oxygens (including phenoxy) is 2. The van der Waals surface area contributed by atoms with E-state index < -0.39 is 5.97 Å². The number of hydrogen-bond donors (Lipinski definition) is 1. The molecule has 2 aromatic rings. The van der Waals surface area contributed by atoms with Crippen LogP contribution >= 0.6 is 0 Å². The molecule has 1 aromatic carbocycles. The topological polar surface area (TPSA) is 68.7 Å². The molecule has 18 heavy (non-hydrogen) atoms. The van der Waals surface area contributed by atoms with Crippen molar-refractivity contribution in [2.24, 2.45) is 0 Å². The van der Waals surface area contributed by atoms with E-state index in [4.69, 9.17) is 9.47 Å². The average molecular weight is 245 g/mol. The SMILES string of the molecule is O=C(O)c1cc(OC2COC2)nc2ccccc12. The van der Waals surface area contributed by atoms with Gasteiger partial charge in [-0.1, -0.05) is 18.2 Å². The van der Waals surface area contributed by atoms with E-state index in [0.717, 1.165) is 0 Å². The zero-order valence-electron chi connectivity index (χ0n) is 9.50. The van der Waals surface area contributed by atoms with Gasteiger partial charge < -0.3 is 14.6 Å². The number of aromatic carboxylic acids is 1. The summed E-state index contributed by atoms with van der Waals surface area (Å²) < 4.78 is 10.6. The second-order valence-electron chi connectivity index (χ2n) is 4.11. The molecule has 0 atom stereocenters. The van der Waals surface area contributed by atoms with Crippen LogP contribution in [0.2, 0.25) is 0 Å². The van der Waals surface area contributed by atoms with Crippen LogP contribution in [-0.2, 0) is 4.74 Å². The van der Waals surface area contributed by atoms with Crippen molar-refractivity contribution in [3.63, 3.8) is 0 Å². The molecule has 2 heterocycles. The fourth-order valence-electron chi connectivity index (χ4n) is 1.84. The van der Waals surface area contributed by atoms with Crippen molar-refractivity contribution in [1.29, 1.82) is 0 Å². The van der Waals surface area contributed by atoms with Crippen molar-refractivity contribution in [3.05, 3.63) is 35.9 Å². The molecule has 92 valence electrons. The fraction of sp³-hybridized carbons (Fsp3) is 0.231. The van der Waals surface area contributed by atoms with Crippen molar-refractivity contribution in [1.82, 2.24) is 4.98 Å². The highest BCUT2D eigenvalue weighted by Gasteiger charge is 2.22. The Kier molecular flexibility index (Phi) is 2.60. The maximum absolute atomic E-state index is 11.2. The summed E-state index contributed by atoms with van der Waals surface area (Å²) >= 11 is 0. The van der Waals surface area contributed by atoms with E-state index in [2.05, 4.69) is 4.98 Å². The molecule has 1 N–H and O–H groups in total. The Labute approximate surface area is 103 Å². The molecule has 5 heteroatoms. The largest absolute Gasteiger partial charge is 0.478 e. The summed E-state index contributed by atoms with van der Waals surface area (Å²) in [5.74, 6) is -0.650. The molecule has 5 nitrogen and oxygen atoms in total. The van der Waals surface area contributed by atoms with Gasteiger partial charge in [0.2, 0.25) is 5.88 Å². The van der Waals surface area contributed by atoms with Gasteiger partial charge in [0.05, 0.1) is 24.3 Å². The van der Waals surface area contributed by atoms with Gasteiger partial charge in [-0.05, 0) is 6.07 Å². The fourth-order valence-corrected chi connectivity index (χ4v) is 1.84. The number of fused-ring (bicyclic) bond motifs is 1. The van der Waals surface area contributed by atoms with E-state index in [9.17, 15) is 9.90 Å². The summed E-state index contributed by atoms with van der Waals surface area (Å²) in [5.41, 5.74) is 0.823. The Morgan fingerprint density at radius 2 is 2.17 bits per heavy atom. The first-order valence-electron chi connectivity index (χ1n) is 5.61. The Morgan fingerprint density at radius 3 is 2.83 bits per heavy atom. The first-order chi connectivity index (χ1) is 8.74. The summed E-state index contributed by atoms with van der Waals surface area (Å²) in [5, 5.41) is 9.82. The van der Waals surface area contributed by atoms with Crippen molar-refractivity contribution in [3.8, 4) is 5.88 Å². The molecule has 1 saturated heterocycles. The Morgan fingerprint density at radius 1 is 1.39 bits per heavy atom. The number of carbonyl (C=O) groups is 1. The van der Waals surface area contributed by atoms with Gasteiger partial charge in [0.15, 0.2) is 0 Å². The van der Waals surface area contributed by atoms with Crippen LogP contribution in [0.4, 0.5) is 0 Å². The van der Waals surface area contributed by atoms with Crippen molar-refractivity contribution < 1.29 is 19.4 Å². The monoisotopic (exact) mass is 245 g/mol. The summed E-state index contributed by atoms with van der Waals surface area (Å²) in [4.78, 5) is 15.5. The smallest absolute Gasteiger partial charge is 0.336 e. The second kappa shape index (κ2) is 4.27. The molecular formula is C13H11NO4. The highest BCUT2D eigenvalue weighted by atomic mass is 16.6. The van der Waals surface area contributed by atoms with Crippen LogP contribution < -0.4 is 4.74 Å². The first-order valence-corrected chi connectivity index (χ1v) is 5.61. The number of carboxylic acids is 1. The van der Waals surface area contributed by atoms with E-state index in [-0.39, 0.29) is 11.7 Å². The number of aromatic nitrogens is 1. The van der Waals surface area contributed by atoms with E-state index in [0.29, 0.717) is 30.0 Å². The zero-order chi connectivity index (χ0) is 12.5. The van der Waals surface area contributed by atoms with Crippen LogP contribution in [-0.4, -0.2) is 35.4 Å². The number of benzene rings is 1. The molecule has 1 fully saturated rings. The average Bonchev–Trinajstić information content (AvgIpc) is 2.32. The minimum atomic E-state index is -0.983. The highest BCUT2D eigenvalue weighted by molar-refractivity contribution is 6.02. The predicted octanol–water partition coefficient (Wildman–Crippen LogP) is 1.71. The number of carboxylic acid groups (broad SMARTS) is 1. The van der Waals surface area contributed by atoms with Crippen molar-refractivity contribution in [2.45, 2.75) is 6.10 Å². The molecule has 0 radical (unpaired) electrons. The van der Waals surface area contributed by atoms with Crippen LogP contribution in [0, 0.1) is 0 Å². The molecule has 0 bridgehead atoms. The molecule has 0 aliphatic carbocycles. The van der Waals surface area contributed by atoms with Gasteiger partial charge in [0, 0.05) is 11.5 Å². The van der Waals surface area contributed by atoms with Crippen LogP contribution in [0.5, 0.6) is 5.88 Å². The lowest BCUT2D eigenvalue weighted by Gasteiger charge is -2.26. The van der Waals surface area contributed by atoms with Gasteiger partial charge in [-0.25, -0.2) is 9.78 Å². The third-order valence-electron chi connectivity index (χ3n) is 2.82. The first kappa shape index (κ1) is 11.0. The minimum absolute atomic E-state index is 0.0275. The molecule has 0 saturated carbocycles. The van der Waals surface area contributed by atoms with Crippen LogP contribution in [0.3, 0.4) is 0 Å². The lowest BCUT2D eigenvalue weighted by Crippen LogP contribution is -2.38. The van der Waals surface area contributed by atoms with Gasteiger partial charge in [0.1, 0.15) is 6.10 Å². The van der Waals surface area contributed by atoms with Gasteiger partial charge in [-0.2, -0.15) is 0 Å². The molecule has 0 unspecified atom stereocenters. The summed E-state index contributed by atoms with van der Waals surface area (Å²) in [6.45, 7) is 1.05. The van der Waals surface area contributed by atoms with Crippen molar-refractivity contribution >= 4 is 16.9 Å². The third kappa shape index (κ3) is 1.89.